The fourth-order valence-electron chi connectivity index (χ4n) is 3.40. The van der Waals surface area contributed by atoms with Crippen LogP contribution in [0.5, 0.6) is 0 Å². The lowest BCUT2D eigenvalue weighted by Crippen LogP contribution is -2.21. The van der Waals surface area contributed by atoms with E-state index < -0.39 is 5.63 Å². The summed E-state index contributed by atoms with van der Waals surface area (Å²) in [6, 6.07) is 9.53. The second kappa shape index (κ2) is 8.90. The molecule has 10 heteroatoms. The van der Waals surface area contributed by atoms with E-state index in [1.54, 1.807) is 12.3 Å². The molecule has 3 heterocycles. The molecule has 0 unspecified atom stereocenters. The monoisotopic (exact) mass is 464 g/mol. The molecule has 0 bridgehead atoms. The van der Waals surface area contributed by atoms with Crippen LogP contribution in [0.1, 0.15) is 24.3 Å². The van der Waals surface area contributed by atoms with E-state index in [-0.39, 0.29) is 16.1 Å². The molecule has 0 aliphatic rings. The zero-order chi connectivity index (χ0) is 22.8. The van der Waals surface area contributed by atoms with Crippen molar-refractivity contribution in [3.8, 4) is 17.2 Å². The van der Waals surface area contributed by atoms with Crippen LogP contribution >= 0.6 is 22.7 Å². The van der Waals surface area contributed by atoms with Crippen molar-refractivity contribution in [1.29, 1.82) is 5.26 Å². The van der Waals surface area contributed by atoms with E-state index in [1.165, 1.54) is 11.3 Å². The van der Waals surface area contributed by atoms with Gasteiger partial charge in [-0.25, -0.2) is 9.78 Å². The van der Waals surface area contributed by atoms with Gasteiger partial charge in [-0.3, -0.25) is 0 Å². The van der Waals surface area contributed by atoms with Gasteiger partial charge >= 0.3 is 5.63 Å². The second-order valence-electron chi connectivity index (χ2n) is 6.93. The summed E-state index contributed by atoms with van der Waals surface area (Å²) in [6.07, 6.45) is 1.70. The van der Waals surface area contributed by atoms with Gasteiger partial charge in [0.05, 0.1) is 11.1 Å². The summed E-state index contributed by atoms with van der Waals surface area (Å²) in [5, 5.41) is 19.9. The second-order valence-corrected chi connectivity index (χ2v) is 9.17. The molecule has 0 aliphatic heterocycles. The Bertz CT molecular complexity index is 1420. The first-order valence-electron chi connectivity index (χ1n) is 9.94. The molecule has 2 N–H and O–H groups in total. The molecule has 0 atom stereocenters. The number of anilines is 2. The van der Waals surface area contributed by atoms with Crippen LogP contribution < -0.4 is 16.3 Å². The molecule has 8 nitrogen and oxygen atoms in total. The van der Waals surface area contributed by atoms with Crippen LogP contribution in [-0.4, -0.2) is 18.1 Å². The fourth-order valence-corrected chi connectivity index (χ4v) is 4.84. The highest BCUT2D eigenvalue weighted by molar-refractivity contribution is 7.20. The average Bonchev–Trinajstić information content (AvgIpc) is 3.34. The van der Waals surface area contributed by atoms with E-state index in [1.807, 2.05) is 25.1 Å². The van der Waals surface area contributed by atoms with Gasteiger partial charge in [0.2, 0.25) is 5.13 Å². The number of fused-ring (bicyclic) bond motifs is 1. The summed E-state index contributed by atoms with van der Waals surface area (Å²) in [4.78, 5) is 20.3. The summed E-state index contributed by atoms with van der Waals surface area (Å²) in [6.45, 7) is 7.75. The molecule has 0 radical (unpaired) electrons. The third-order valence-electron chi connectivity index (χ3n) is 4.98. The van der Waals surface area contributed by atoms with Gasteiger partial charge in [0.15, 0.2) is 0 Å². The van der Waals surface area contributed by atoms with E-state index in [0.717, 1.165) is 40.4 Å². The number of aromatic nitrogens is 1. The van der Waals surface area contributed by atoms with Gasteiger partial charge in [0.1, 0.15) is 21.7 Å². The Hall–Kier alpha value is -3.55. The van der Waals surface area contributed by atoms with Crippen molar-refractivity contribution in [2.45, 2.75) is 20.8 Å². The molecule has 0 fully saturated rings. The Kier molecular flexibility index (Phi) is 6.03. The van der Waals surface area contributed by atoms with E-state index >= 15 is 0 Å². The summed E-state index contributed by atoms with van der Waals surface area (Å²) in [5.41, 5.74) is 7.68. The highest BCUT2D eigenvalue weighted by Gasteiger charge is 2.22. The fraction of sp³-hybridized carbons (Fsp3) is 0.227. The number of nitrogens with two attached hydrogens (primary N) is 1. The van der Waals surface area contributed by atoms with E-state index in [0.29, 0.717) is 21.3 Å². The highest BCUT2D eigenvalue weighted by atomic mass is 32.1. The van der Waals surface area contributed by atoms with Crippen LogP contribution in [0.2, 0.25) is 0 Å². The van der Waals surface area contributed by atoms with Crippen LogP contribution in [0.4, 0.5) is 20.8 Å². The Labute approximate surface area is 192 Å². The van der Waals surface area contributed by atoms with Crippen LogP contribution in [-0.2, 0) is 0 Å². The maximum atomic E-state index is 13.0. The summed E-state index contributed by atoms with van der Waals surface area (Å²) < 4.78 is 5.65. The quantitative estimate of drug-likeness (QED) is 0.276. The molecule has 0 saturated heterocycles. The Morgan fingerprint density at radius 2 is 2.00 bits per heavy atom. The lowest BCUT2D eigenvalue weighted by Gasteiger charge is -2.21. The minimum atomic E-state index is -0.565. The SMILES string of the molecule is CCN(CC)c1ccc2cc(-c3c(/N=N/c4ncc(C)s4)sc(N)c3C#N)c(=O)oc2c1. The largest absolute Gasteiger partial charge is 0.422 e. The molecule has 0 spiro atoms. The van der Waals surface area contributed by atoms with Crippen molar-refractivity contribution in [2.24, 2.45) is 10.2 Å². The third kappa shape index (κ3) is 4.00. The zero-order valence-corrected chi connectivity index (χ0v) is 19.4. The van der Waals surface area contributed by atoms with Crippen LogP contribution in [0.3, 0.4) is 0 Å². The van der Waals surface area contributed by atoms with E-state index in [9.17, 15) is 10.1 Å². The van der Waals surface area contributed by atoms with Crippen molar-refractivity contribution < 1.29 is 4.42 Å². The molecule has 1 aromatic carbocycles. The van der Waals surface area contributed by atoms with Crippen LogP contribution in [0.25, 0.3) is 22.1 Å². The summed E-state index contributed by atoms with van der Waals surface area (Å²) in [7, 11) is 0. The van der Waals surface area contributed by atoms with Crippen molar-refractivity contribution in [3.63, 3.8) is 0 Å². The Morgan fingerprint density at radius 1 is 1.22 bits per heavy atom. The molecule has 0 aliphatic carbocycles. The van der Waals surface area contributed by atoms with Gasteiger partial charge < -0.3 is 15.1 Å². The lowest BCUT2D eigenvalue weighted by molar-refractivity contribution is 0.563. The van der Waals surface area contributed by atoms with Crippen LogP contribution in [0, 0.1) is 18.3 Å². The molecule has 32 heavy (non-hydrogen) atoms. The highest BCUT2D eigenvalue weighted by Crippen LogP contribution is 2.44. The predicted octanol–water partition coefficient (Wildman–Crippen LogP) is 6.00. The zero-order valence-electron chi connectivity index (χ0n) is 17.7. The van der Waals surface area contributed by atoms with Crippen molar-refractivity contribution in [3.05, 3.63) is 51.3 Å². The molecule has 4 rings (SSSR count). The first-order chi connectivity index (χ1) is 15.4. The van der Waals surface area contributed by atoms with Gasteiger partial charge in [-0.15, -0.1) is 10.2 Å². The first-order valence-corrected chi connectivity index (χ1v) is 11.6. The maximum absolute atomic E-state index is 13.0. The first kappa shape index (κ1) is 21.7. The predicted molar refractivity (Wildman–Crippen MR) is 130 cm³/mol. The van der Waals surface area contributed by atoms with Gasteiger partial charge in [0, 0.05) is 46.9 Å². The number of nitrogens with zero attached hydrogens (tertiary/aromatic N) is 5. The van der Waals surface area contributed by atoms with Gasteiger partial charge in [-0.1, -0.05) is 22.7 Å². The Morgan fingerprint density at radius 3 is 2.66 bits per heavy atom. The number of thiophene rings is 1. The van der Waals surface area contributed by atoms with E-state index in [2.05, 4.69) is 40.0 Å². The number of thiazole rings is 1. The van der Waals surface area contributed by atoms with E-state index in [4.69, 9.17) is 10.2 Å². The molecule has 162 valence electrons. The molecular weight excluding hydrogens is 444 g/mol. The molecule has 0 saturated carbocycles. The third-order valence-corrected chi connectivity index (χ3v) is 6.68. The number of azo groups is 1. The number of nitrogen functional groups attached to an aromatic ring is 1. The number of rotatable bonds is 6. The maximum Gasteiger partial charge on any atom is 0.344 e. The molecule has 4 aromatic rings. The molecule has 3 aromatic heterocycles. The molecule has 0 amide bonds. The summed E-state index contributed by atoms with van der Waals surface area (Å²) in [5.74, 6) is 0. The number of hydrogen-bond acceptors (Lipinski definition) is 10. The minimum absolute atomic E-state index is 0.186. The van der Waals surface area contributed by atoms with Gasteiger partial charge in [0.25, 0.3) is 0 Å². The normalized spacial score (nSPS) is 11.3. The minimum Gasteiger partial charge on any atom is -0.422 e. The van der Waals surface area contributed by atoms with Gasteiger partial charge in [-0.05, 0) is 39.0 Å². The van der Waals surface area contributed by atoms with Crippen molar-refractivity contribution >= 4 is 54.5 Å². The lowest BCUT2D eigenvalue weighted by atomic mass is 10.0. The standard InChI is InChI=1S/C22H20N6O2S2/c1-4-28(5-2)14-7-6-13-8-15(21(29)30-17(13)9-14)18-16(10-23)19(24)32-20(18)26-27-22-25-11-12(3)31-22/h6-9,11H,4-5,24H2,1-3H3/b27-26+. The number of hydrogen-bond donors (Lipinski definition) is 1. The number of benzene rings is 1. The number of nitriles is 1. The average molecular weight is 465 g/mol. The Balaban J connectivity index is 1.85. The summed E-state index contributed by atoms with van der Waals surface area (Å²) >= 11 is 2.49. The topological polar surface area (TPSA) is 121 Å². The van der Waals surface area contributed by atoms with Crippen LogP contribution in [0.15, 0.2) is 49.9 Å². The van der Waals surface area contributed by atoms with Crippen molar-refractivity contribution in [2.75, 3.05) is 23.7 Å². The molecular formula is C22H20N6O2S2. The smallest absolute Gasteiger partial charge is 0.344 e. The van der Waals surface area contributed by atoms with Crippen molar-refractivity contribution in [1.82, 2.24) is 4.98 Å². The van der Waals surface area contributed by atoms with Gasteiger partial charge in [-0.2, -0.15) is 5.26 Å². The number of aryl methyl sites for hydroxylation is 1.